The molecule has 0 aliphatic heterocycles. The summed E-state index contributed by atoms with van der Waals surface area (Å²) in [6.45, 7) is 6.05. The van der Waals surface area contributed by atoms with Crippen molar-refractivity contribution in [3.8, 4) is 0 Å². The van der Waals surface area contributed by atoms with Crippen molar-refractivity contribution >= 4 is 5.78 Å². The molecule has 2 aromatic rings. The van der Waals surface area contributed by atoms with Crippen molar-refractivity contribution in [2.45, 2.75) is 33.6 Å². The number of hydrogen-bond acceptors (Lipinski definition) is 2. The SMILES string of the molecule is CCc1ccc(CC)c(C(=O)c2occc2C)c1. The summed E-state index contributed by atoms with van der Waals surface area (Å²) in [4.78, 5) is 12.5. The highest BCUT2D eigenvalue weighted by Crippen LogP contribution is 2.20. The molecule has 2 rings (SSSR count). The molecule has 2 nitrogen and oxygen atoms in total. The van der Waals surface area contributed by atoms with Crippen LogP contribution in [-0.2, 0) is 12.8 Å². The van der Waals surface area contributed by atoms with Crippen molar-refractivity contribution in [1.29, 1.82) is 0 Å². The van der Waals surface area contributed by atoms with Crippen molar-refractivity contribution in [3.63, 3.8) is 0 Å². The number of benzene rings is 1. The summed E-state index contributed by atoms with van der Waals surface area (Å²) in [5.41, 5.74) is 3.92. The quantitative estimate of drug-likeness (QED) is 0.760. The van der Waals surface area contributed by atoms with Crippen LogP contribution in [0.4, 0.5) is 0 Å². The normalized spacial score (nSPS) is 10.6. The summed E-state index contributed by atoms with van der Waals surface area (Å²) < 4.78 is 5.30. The van der Waals surface area contributed by atoms with Gasteiger partial charge in [-0.25, -0.2) is 0 Å². The lowest BCUT2D eigenvalue weighted by atomic mass is 9.96. The zero-order valence-corrected chi connectivity index (χ0v) is 11.1. The Morgan fingerprint density at radius 2 is 1.94 bits per heavy atom. The Hall–Kier alpha value is -1.83. The average Bonchev–Trinajstić information content (AvgIpc) is 2.83. The fourth-order valence-corrected chi connectivity index (χ4v) is 2.09. The molecule has 0 unspecified atom stereocenters. The number of rotatable bonds is 4. The molecule has 18 heavy (non-hydrogen) atoms. The molecule has 0 atom stereocenters. The molecule has 0 bridgehead atoms. The number of carbonyl (C=O) groups excluding carboxylic acids is 1. The monoisotopic (exact) mass is 242 g/mol. The van der Waals surface area contributed by atoms with Crippen LogP contribution in [0.3, 0.4) is 0 Å². The maximum absolute atomic E-state index is 12.5. The standard InChI is InChI=1S/C16H18O2/c1-4-12-6-7-13(5-2)14(10-12)15(17)16-11(3)8-9-18-16/h6-10H,4-5H2,1-3H3. The van der Waals surface area contributed by atoms with Crippen LogP contribution in [0.15, 0.2) is 34.9 Å². The molecule has 0 aliphatic carbocycles. The van der Waals surface area contributed by atoms with E-state index in [1.165, 1.54) is 5.56 Å². The number of carbonyl (C=O) groups is 1. The minimum absolute atomic E-state index is 0.00958. The second-order valence-electron chi connectivity index (χ2n) is 4.46. The van der Waals surface area contributed by atoms with Gasteiger partial charge in [-0.1, -0.05) is 26.0 Å². The molecular formula is C16H18O2. The largest absolute Gasteiger partial charge is 0.461 e. The third-order valence-electron chi connectivity index (χ3n) is 3.28. The molecule has 0 amide bonds. The molecule has 0 N–H and O–H groups in total. The lowest BCUT2D eigenvalue weighted by Crippen LogP contribution is -2.06. The Morgan fingerprint density at radius 3 is 2.50 bits per heavy atom. The molecule has 2 heteroatoms. The van der Waals surface area contributed by atoms with E-state index in [-0.39, 0.29) is 5.78 Å². The van der Waals surface area contributed by atoms with E-state index in [0.717, 1.165) is 29.5 Å². The topological polar surface area (TPSA) is 30.2 Å². The van der Waals surface area contributed by atoms with Gasteiger partial charge in [0.2, 0.25) is 5.78 Å². The first-order valence-corrected chi connectivity index (χ1v) is 6.38. The van der Waals surface area contributed by atoms with E-state index in [4.69, 9.17) is 4.42 Å². The van der Waals surface area contributed by atoms with Crippen molar-refractivity contribution in [2.24, 2.45) is 0 Å². The van der Waals surface area contributed by atoms with E-state index in [0.29, 0.717) is 5.76 Å². The number of furan rings is 1. The first-order valence-electron chi connectivity index (χ1n) is 6.38. The molecule has 0 radical (unpaired) electrons. The van der Waals surface area contributed by atoms with E-state index < -0.39 is 0 Å². The maximum atomic E-state index is 12.5. The van der Waals surface area contributed by atoms with Crippen LogP contribution in [0.5, 0.6) is 0 Å². The van der Waals surface area contributed by atoms with Crippen molar-refractivity contribution in [2.75, 3.05) is 0 Å². The smallest absolute Gasteiger partial charge is 0.228 e. The number of hydrogen-bond donors (Lipinski definition) is 0. The van der Waals surface area contributed by atoms with E-state index in [1.807, 2.05) is 25.1 Å². The van der Waals surface area contributed by atoms with Crippen LogP contribution >= 0.6 is 0 Å². The lowest BCUT2D eigenvalue weighted by molar-refractivity contribution is 0.101. The molecular weight excluding hydrogens is 224 g/mol. The van der Waals surface area contributed by atoms with E-state index in [1.54, 1.807) is 6.26 Å². The molecule has 0 aliphatic rings. The molecule has 0 spiro atoms. The predicted octanol–water partition coefficient (Wildman–Crippen LogP) is 3.94. The second-order valence-corrected chi connectivity index (χ2v) is 4.46. The summed E-state index contributed by atoms with van der Waals surface area (Å²) in [7, 11) is 0. The third-order valence-corrected chi connectivity index (χ3v) is 3.28. The minimum atomic E-state index is -0.00958. The number of aryl methyl sites for hydroxylation is 3. The fraction of sp³-hybridized carbons (Fsp3) is 0.312. The maximum Gasteiger partial charge on any atom is 0.228 e. The molecule has 0 fully saturated rings. The Morgan fingerprint density at radius 1 is 1.17 bits per heavy atom. The van der Waals surface area contributed by atoms with Crippen LogP contribution in [0.2, 0.25) is 0 Å². The predicted molar refractivity (Wildman–Crippen MR) is 72.1 cm³/mol. The van der Waals surface area contributed by atoms with Gasteiger partial charge in [-0.2, -0.15) is 0 Å². The fourth-order valence-electron chi connectivity index (χ4n) is 2.09. The zero-order chi connectivity index (χ0) is 13.1. The highest BCUT2D eigenvalue weighted by atomic mass is 16.3. The van der Waals surface area contributed by atoms with E-state index in [2.05, 4.69) is 19.9 Å². The minimum Gasteiger partial charge on any atom is -0.461 e. The Balaban J connectivity index is 2.49. The molecule has 0 saturated heterocycles. The van der Waals surface area contributed by atoms with Crippen LogP contribution in [-0.4, -0.2) is 5.78 Å². The summed E-state index contributed by atoms with van der Waals surface area (Å²) >= 11 is 0. The van der Waals surface area contributed by atoms with E-state index in [9.17, 15) is 4.79 Å². The molecule has 0 saturated carbocycles. The zero-order valence-electron chi connectivity index (χ0n) is 11.1. The van der Waals surface area contributed by atoms with Crippen molar-refractivity contribution in [3.05, 3.63) is 58.5 Å². The summed E-state index contributed by atoms with van der Waals surface area (Å²) in [5.74, 6) is 0.447. The van der Waals surface area contributed by atoms with Gasteiger partial charge in [-0.05, 0) is 48.6 Å². The Labute approximate surface area is 108 Å². The summed E-state index contributed by atoms with van der Waals surface area (Å²) in [6, 6.07) is 7.95. The van der Waals surface area contributed by atoms with Crippen molar-refractivity contribution < 1.29 is 9.21 Å². The third kappa shape index (κ3) is 2.23. The van der Waals surface area contributed by atoms with Gasteiger partial charge in [-0.3, -0.25) is 4.79 Å². The first kappa shape index (κ1) is 12.6. The van der Waals surface area contributed by atoms with Gasteiger partial charge < -0.3 is 4.42 Å². The lowest BCUT2D eigenvalue weighted by Gasteiger charge is -2.08. The molecule has 1 aromatic carbocycles. The van der Waals surface area contributed by atoms with E-state index >= 15 is 0 Å². The van der Waals surface area contributed by atoms with Gasteiger partial charge in [-0.15, -0.1) is 0 Å². The Bertz CT molecular complexity index is 564. The highest BCUT2D eigenvalue weighted by molar-refractivity contribution is 6.09. The first-order chi connectivity index (χ1) is 8.67. The van der Waals surface area contributed by atoms with Gasteiger partial charge in [0.25, 0.3) is 0 Å². The van der Waals surface area contributed by atoms with Crippen LogP contribution < -0.4 is 0 Å². The van der Waals surface area contributed by atoms with Crippen LogP contribution in [0, 0.1) is 6.92 Å². The van der Waals surface area contributed by atoms with Crippen LogP contribution in [0.25, 0.3) is 0 Å². The van der Waals surface area contributed by atoms with Gasteiger partial charge in [0.1, 0.15) is 0 Å². The molecule has 1 heterocycles. The Kier molecular flexibility index (Phi) is 3.66. The second kappa shape index (κ2) is 5.21. The van der Waals surface area contributed by atoms with Gasteiger partial charge in [0.15, 0.2) is 5.76 Å². The van der Waals surface area contributed by atoms with Crippen LogP contribution in [0.1, 0.15) is 46.7 Å². The number of ketones is 1. The van der Waals surface area contributed by atoms with Crippen molar-refractivity contribution in [1.82, 2.24) is 0 Å². The molecule has 94 valence electrons. The molecule has 1 aromatic heterocycles. The summed E-state index contributed by atoms with van der Waals surface area (Å²) in [6.07, 6.45) is 3.35. The average molecular weight is 242 g/mol. The van der Waals surface area contributed by atoms with Gasteiger partial charge >= 0.3 is 0 Å². The summed E-state index contributed by atoms with van der Waals surface area (Å²) in [5, 5.41) is 0. The van der Waals surface area contributed by atoms with Gasteiger partial charge in [0.05, 0.1) is 6.26 Å². The van der Waals surface area contributed by atoms with Gasteiger partial charge in [0, 0.05) is 5.56 Å². The highest BCUT2D eigenvalue weighted by Gasteiger charge is 2.18.